The van der Waals surface area contributed by atoms with Gasteiger partial charge in [-0.15, -0.1) is 0 Å². The van der Waals surface area contributed by atoms with Crippen LogP contribution in [0.25, 0.3) is 10.8 Å². The van der Waals surface area contributed by atoms with Crippen molar-refractivity contribution in [1.82, 2.24) is 15.2 Å². The summed E-state index contributed by atoms with van der Waals surface area (Å²) in [4.78, 5) is 24.7. The van der Waals surface area contributed by atoms with Gasteiger partial charge in [-0.25, -0.2) is 10.1 Å². The molecule has 0 saturated heterocycles. The lowest BCUT2D eigenvalue weighted by Crippen LogP contribution is -2.27. The molecule has 0 atom stereocenters. The van der Waals surface area contributed by atoms with Gasteiger partial charge in [-0.05, 0) is 32.0 Å². The predicted molar refractivity (Wildman–Crippen MR) is 99.5 cm³/mol. The van der Waals surface area contributed by atoms with E-state index in [4.69, 9.17) is 0 Å². The Kier molecular flexibility index (Phi) is 4.53. The van der Waals surface area contributed by atoms with E-state index in [1.165, 1.54) is 7.05 Å². The van der Waals surface area contributed by atoms with Crippen LogP contribution in [0.15, 0.2) is 52.4 Å². The van der Waals surface area contributed by atoms with Crippen molar-refractivity contribution in [2.75, 3.05) is 0 Å². The van der Waals surface area contributed by atoms with Crippen molar-refractivity contribution >= 4 is 22.4 Å². The van der Waals surface area contributed by atoms with E-state index in [1.54, 1.807) is 49.4 Å². The van der Waals surface area contributed by atoms with Gasteiger partial charge in [-0.2, -0.15) is 10.2 Å². The van der Waals surface area contributed by atoms with Crippen molar-refractivity contribution in [3.63, 3.8) is 0 Å². The maximum absolute atomic E-state index is 12.6. The van der Waals surface area contributed by atoms with Gasteiger partial charge in [-0.3, -0.25) is 9.59 Å². The molecule has 0 saturated carbocycles. The van der Waals surface area contributed by atoms with Gasteiger partial charge >= 0.3 is 0 Å². The third kappa shape index (κ3) is 3.19. The molecule has 1 aromatic heterocycles. The van der Waals surface area contributed by atoms with Gasteiger partial charge in [0.05, 0.1) is 11.1 Å². The van der Waals surface area contributed by atoms with Crippen molar-refractivity contribution in [3.8, 4) is 5.75 Å². The molecule has 1 amide bonds. The lowest BCUT2D eigenvalue weighted by molar-refractivity contribution is 0.0949. The van der Waals surface area contributed by atoms with Crippen molar-refractivity contribution in [2.24, 2.45) is 12.1 Å². The quantitative estimate of drug-likeness (QED) is 0.558. The van der Waals surface area contributed by atoms with Crippen molar-refractivity contribution < 1.29 is 9.90 Å². The number of phenols is 1. The molecule has 0 radical (unpaired) electrons. The van der Waals surface area contributed by atoms with E-state index in [0.29, 0.717) is 22.0 Å². The molecule has 0 fully saturated rings. The van der Waals surface area contributed by atoms with Gasteiger partial charge in [0.25, 0.3) is 11.5 Å². The van der Waals surface area contributed by atoms with Crippen LogP contribution < -0.4 is 11.0 Å². The molecule has 0 spiro atoms. The van der Waals surface area contributed by atoms with Crippen LogP contribution in [0.5, 0.6) is 5.75 Å². The zero-order chi connectivity index (χ0) is 18.8. The summed E-state index contributed by atoms with van der Waals surface area (Å²) in [6.45, 7) is 3.58. The zero-order valence-electron chi connectivity index (χ0n) is 14.6. The first kappa shape index (κ1) is 17.3. The third-order valence-electron chi connectivity index (χ3n) is 4.04. The Bertz CT molecular complexity index is 1100. The highest BCUT2D eigenvalue weighted by atomic mass is 16.3. The van der Waals surface area contributed by atoms with Gasteiger partial charge in [0.15, 0.2) is 5.69 Å². The van der Waals surface area contributed by atoms with Crippen LogP contribution in [0.2, 0.25) is 0 Å². The van der Waals surface area contributed by atoms with E-state index < -0.39 is 5.91 Å². The number of rotatable bonds is 3. The fraction of sp³-hybridized carbons (Fsp3) is 0.158. The number of aryl methyl sites for hydroxylation is 2. The largest absolute Gasteiger partial charge is 0.507 e. The highest BCUT2D eigenvalue weighted by Crippen LogP contribution is 2.19. The second-order valence-corrected chi connectivity index (χ2v) is 5.98. The van der Waals surface area contributed by atoms with Crippen molar-refractivity contribution in [1.29, 1.82) is 0 Å². The molecule has 0 aliphatic rings. The summed E-state index contributed by atoms with van der Waals surface area (Å²) >= 11 is 0. The fourth-order valence-electron chi connectivity index (χ4n) is 2.65. The number of carbonyl (C=O) groups is 1. The van der Waals surface area contributed by atoms with E-state index in [9.17, 15) is 14.7 Å². The number of nitrogens with zero attached hydrogens (tertiary/aromatic N) is 3. The highest BCUT2D eigenvalue weighted by molar-refractivity contribution is 6.06. The van der Waals surface area contributed by atoms with Crippen LogP contribution in [0.3, 0.4) is 0 Å². The number of aromatic nitrogens is 2. The van der Waals surface area contributed by atoms with E-state index in [1.807, 2.05) is 6.92 Å². The van der Waals surface area contributed by atoms with Gasteiger partial charge < -0.3 is 5.11 Å². The Balaban J connectivity index is 1.96. The number of benzene rings is 2. The number of fused-ring (bicyclic) bond motifs is 1. The van der Waals surface area contributed by atoms with E-state index in [0.717, 1.165) is 10.2 Å². The summed E-state index contributed by atoms with van der Waals surface area (Å²) in [5, 5.41) is 18.9. The zero-order valence-corrected chi connectivity index (χ0v) is 14.6. The second-order valence-electron chi connectivity index (χ2n) is 5.98. The Morgan fingerprint density at radius 2 is 1.88 bits per heavy atom. The molecule has 132 valence electrons. The molecule has 0 bridgehead atoms. The van der Waals surface area contributed by atoms with Crippen LogP contribution in [0.1, 0.15) is 28.5 Å². The fourth-order valence-corrected chi connectivity index (χ4v) is 2.65. The molecule has 26 heavy (non-hydrogen) atoms. The Morgan fingerprint density at radius 3 is 2.62 bits per heavy atom. The number of nitrogens with one attached hydrogen (secondary N) is 1. The summed E-state index contributed by atoms with van der Waals surface area (Å²) in [7, 11) is 1.49. The summed E-state index contributed by atoms with van der Waals surface area (Å²) in [5.74, 6) is -0.458. The molecular formula is C19H18N4O3. The maximum Gasteiger partial charge on any atom is 0.292 e. The number of hydrazone groups is 1. The Morgan fingerprint density at radius 1 is 1.19 bits per heavy atom. The van der Waals surface area contributed by atoms with E-state index in [-0.39, 0.29) is 17.0 Å². The van der Waals surface area contributed by atoms with Crippen LogP contribution in [0.4, 0.5) is 0 Å². The Labute approximate surface area is 149 Å². The second kappa shape index (κ2) is 6.79. The summed E-state index contributed by atoms with van der Waals surface area (Å²) in [5.41, 5.74) is 4.22. The third-order valence-corrected chi connectivity index (χ3v) is 4.04. The minimum Gasteiger partial charge on any atom is -0.507 e. The minimum absolute atomic E-state index is 0.0804. The van der Waals surface area contributed by atoms with Crippen molar-refractivity contribution in [2.45, 2.75) is 13.8 Å². The number of hydrogen-bond donors (Lipinski definition) is 2. The minimum atomic E-state index is -0.539. The molecule has 0 aliphatic heterocycles. The lowest BCUT2D eigenvalue weighted by atomic mass is 10.1. The van der Waals surface area contributed by atoms with Crippen LogP contribution in [0, 0.1) is 6.92 Å². The average Bonchev–Trinajstić information content (AvgIpc) is 2.64. The van der Waals surface area contributed by atoms with E-state index >= 15 is 0 Å². The monoisotopic (exact) mass is 350 g/mol. The number of aromatic hydroxyl groups is 1. The molecule has 7 nitrogen and oxygen atoms in total. The molecule has 2 N–H and O–H groups in total. The first-order valence-corrected chi connectivity index (χ1v) is 7.99. The normalized spacial score (nSPS) is 11.6. The molecule has 0 aliphatic carbocycles. The topological polar surface area (TPSA) is 96.6 Å². The van der Waals surface area contributed by atoms with Crippen LogP contribution in [-0.2, 0) is 7.05 Å². The van der Waals surface area contributed by atoms with Crippen molar-refractivity contribution in [3.05, 3.63) is 69.6 Å². The molecule has 3 aromatic rings. The molecule has 1 heterocycles. The number of carbonyl (C=O) groups excluding carboxylic acids is 1. The van der Waals surface area contributed by atoms with Gasteiger partial charge in [0.1, 0.15) is 5.75 Å². The first-order chi connectivity index (χ1) is 12.4. The molecule has 0 unspecified atom stereocenters. The van der Waals surface area contributed by atoms with Gasteiger partial charge in [-0.1, -0.05) is 29.8 Å². The van der Waals surface area contributed by atoms with Crippen LogP contribution in [-0.4, -0.2) is 26.5 Å². The van der Waals surface area contributed by atoms with Gasteiger partial charge in [0, 0.05) is 18.0 Å². The van der Waals surface area contributed by atoms with Gasteiger partial charge in [0.2, 0.25) is 0 Å². The SMILES string of the molecule is C/C(=N\NC(=O)c1nn(C)c(=O)c2ccccc12)c1cc(C)ccc1O. The predicted octanol–water partition coefficient (Wildman–Crippen LogP) is 2.10. The summed E-state index contributed by atoms with van der Waals surface area (Å²) < 4.78 is 1.13. The molecule has 7 heteroatoms. The number of phenolic OH excluding ortho intramolecular Hbond substituents is 1. The van der Waals surface area contributed by atoms with Crippen LogP contribution >= 0.6 is 0 Å². The summed E-state index contributed by atoms with van der Waals surface area (Å²) in [6, 6.07) is 11.9. The first-order valence-electron chi connectivity index (χ1n) is 7.99. The highest BCUT2D eigenvalue weighted by Gasteiger charge is 2.15. The standard InChI is InChI=1S/C19H18N4O3/c1-11-8-9-16(24)15(10-11)12(2)20-21-18(25)17-13-6-4-5-7-14(13)19(26)23(3)22-17/h4-10,24H,1-3H3,(H,21,25)/b20-12+. The number of hydrogen-bond acceptors (Lipinski definition) is 5. The molecule has 3 rings (SSSR count). The number of amides is 1. The molecule has 2 aromatic carbocycles. The van der Waals surface area contributed by atoms with E-state index in [2.05, 4.69) is 15.6 Å². The molecular weight excluding hydrogens is 332 g/mol. The smallest absolute Gasteiger partial charge is 0.292 e. The maximum atomic E-state index is 12.6. The summed E-state index contributed by atoms with van der Waals surface area (Å²) in [6.07, 6.45) is 0. The Hall–Kier alpha value is -3.48. The average molecular weight is 350 g/mol. The lowest BCUT2D eigenvalue weighted by Gasteiger charge is -2.08.